The first-order chi connectivity index (χ1) is 7.41. The highest BCUT2D eigenvalue weighted by Crippen LogP contribution is 2.48. The van der Waals surface area contributed by atoms with Gasteiger partial charge in [0.25, 0.3) is 0 Å². The van der Waals surface area contributed by atoms with Crippen molar-refractivity contribution in [2.75, 3.05) is 6.26 Å². The van der Waals surface area contributed by atoms with Gasteiger partial charge in [-0.3, -0.25) is 9.59 Å². The van der Waals surface area contributed by atoms with Crippen molar-refractivity contribution in [3.63, 3.8) is 0 Å². The summed E-state index contributed by atoms with van der Waals surface area (Å²) in [4.78, 5) is 23.8. The zero-order valence-corrected chi connectivity index (χ0v) is 9.44. The van der Waals surface area contributed by atoms with Crippen LogP contribution in [-0.4, -0.2) is 43.0 Å². The van der Waals surface area contributed by atoms with Gasteiger partial charge in [-0.1, -0.05) is 0 Å². The number of nitrogens with zero attached hydrogens (tertiary/aromatic N) is 1. The summed E-state index contributed by atoms with van der Waals surface area (Å²) in [6.45, 7) is 0. The number of rotatable bonds is 1. The Hall–Kier alpha value is -0.950. The molecule has 3 fully saturated rings. The number of imide groups is 1. The summed E-state index contributed by atoms with van der Waals surface area (Å²) in [7, 11) is -3.78. The summed E-state index contributed by atoms with van der Waals surface area (Å²) in [5.74, 6) is -2.35. The molecule has 3 saturated heterocycles. The molecule has 4 atom stereocenters. The fourth-order valence-electron chi connectivity index (χ4n) is 3.01. The Morgan fingerprint density at radius 2 is 1.56 bits per heavy atom. The molecule has 3 aliphatic heterocycles. The lowest BCUT2D eigenvalue weighted by molar-refractivity contribution is -0.136. The predicted octanol–water partition coefficient (Wildman–Crippen LogP) is -0.892. The summed E-state index contributed by atoms with van der Waals surface area (Å²) in [5.41, 5.74) is 0. The van der Waals surface area contributed by atoms with Gasteiger partial charge in [-0.15, -0.1) is 0 Å². The van der Waals surface area contributed by atoms with Gasteiger partial charge in [-0.25, -0.2) is 8.42 Å². The van der Waals surface area contributed by atoms with Crippen molar-refractivity contribution in [2.45, 2.75) is 25.0 Å². The molecule has 0 aromatic rings. The van der Waals surface area contributed by atoms with Gasteiger partial charge < -0.3 is 4.74 Å². The molecule has 88 valence electrons. The number of hydrogen-bond donors (Lipinski definition) is 0. The standard InChI is InChI=1S/C9H11NO5S/c1-16(13,14)10-8(11)6-4-2-3-5(15-4)7(6)9(10)12/h4-7H,2-3H2,1H3. The molecule has 0 radical (unpaired) electrons. The second-order valence-electron chi connectivity index (χ2n) is 4.55. The van der Waals surface area contributed by atoms with Gasteiger partial charge in [0.05, 0.1) is 30.3 Å². The van der Waals surface area contributed by atoms with E-state index < -0.39 is 33.7 Å². The Labute approximate surface area is 92.6 Å². The van der Waals surface area contributed by atoms with Crippen LogP contribution in [0.3, 0.4) is 0 Å². The van der Waals surface area contributed by atoms with Gasteiger partial charge in [-0.2, -0.15) is 4.31 Å². The Kier molecular flexibility index (Phi) is 1.81. The molecule has 0 aromatic heterocycles. The molecule has 3 aliphatic rings. The number of sulfonamides is 1. The van der Waals surface area contributed by atoms with Crippen LogP contribution in [0.4, 0.5) is 0 Å². The number of hydrogen-bond acceptors (Lipinski definition) is 5. The Morgan fingerprint density at radius 1 is 1.12 bits per heavy atom. The van der Waals surface area contributed by atoms with Crippen molar-refractivity contribution in [3.05, 3.63) is 0 Å². The number of amides is 2. The minimum absolute atomic E-state index is 0.266. The highest BCUT2D eigenvalue weighted by atomic mass is 32.2. The van der Waals surface area contributed by atoms with Crippen LogP contribution in [0.15, 0.2) is 0 Å². The average molecular weight is 245 g/mol. The zero-order valence-electron chi connectivity index (χ0n) is 8.62. The van der Waals surface area contributed by atoms with Gasteiger partial charge in [0.15, 0.2) is 0 Å². The molecular weight excluding hydrogens is 234 g/mol. The van der Waals surface area contributed by atoms with E-state index in [1.165, 1.54) is 0 Å². The lowest BCUT2D eigenvalue weighted by atomic mass is 9.81. The molecule has 0 aliphatic carbocycles. The molecule has 0 N–H and O–H groups in total. The summed E-state index contributed by atoms with van der Waals surface area (Å²) in [6, 6.07) is 0. The highest BCUT2D eigenvalue weighted by molar-refractivity contribution is 7.89. The van der Waals surface area contributed by atoms with Crippen LogP contribution in [-0.2, 0) is 24.3 Å². The van der Waals surface area contributed by atoms with Gasteiger partial charge >= 0.3 is 0 Å². The quantitative estimate of drug-likeness (QED) is 0.560. The second-order valence-corrected chi connectivity index (χ2v) is 6.38. The molecule has 6 nitrogen and oxygen atoms in total. The first kappa shape index (κ1) is 10.2. The normalized spacial score (nSPS) is 41.9. The maximum Gasteiger partial charge on any atom is 0.249 e. The Bertz CT molecular complexity index is 456. The zero-order chi connectivity index (χ0) is 11.7. The summed E-state index contributed by atoms with van der Waals surface area (Å²) in [6.07, 6.45) is 1.83. The predicted molar refractivity (Wildman–Crippen MR) is 51.6 cm³/mol. The van der Waals surface area contributed by atoms with Crippen molar-refractivity contribution < 1.29 is 22.7 Å². The van der Waals surface area contributed by atoms with Crippen LogP contribution >= 0.6 is 0 Å². The molecule has 3 rings (SSSR count). The lowest BCUT2D eigenvalue weighted by Crippen LogP contribution is -2.38. The molecule has 3 heterocycles. The molecule has 7 heteroatoms. The molecule has 0 spiro atoms. The molecule has 0 saturated carbocycles. The molecule has 2 amide bonds. The van der Waals surface area contributed by atoms with Crippen molar-refractivity contribution >= 4 is 21.8 Å². The lowest BCUT2D eigenvalue weighted by Gasteiger charge is -2.14. The van der Waals surface area contributed by atoms with Crippen LogP contribution in [0.5, 0.6) is 0 Å². The van der Waals surface area contributed by atoms with Crippen molar-refractivity contribution in [1.29, 1.82) is 0 Å². The van der Waals surface area contributed by atoms with E-state index in [9.17, 15) is 18.0 Å². The van der Waals surface area contributed by atoms with Crippen LogP contribution in [0, 0.1) is 11.8 Å². The van der Waals surface area contributed by atoms with Crippen molar-refractivity contribution in [2.24, 2.45) is 11.8 Å². The van der Waals surface area contributed by atoms with E-state index in [2.05, 4.69) is 0 Å². The monoisotopic (exact) mass is 245 g/mol. The topological polar surface area (TPSA) is 80.8 Å². The van der Waals surface area contributed by atoms with E-state index in [0.717, 1.165) is 19.1 Å². The number of fused-ring (bicyclic) bond motifs is 5. The summed E-state index contributed by atoms with van der Waals surface area (Å²) in [5, 5.41) is 0. The SMILES string of the molecule is CS(=O)(=O)N1C(=O)C2C3CCC(O3)C2C1=O. The van der Waals surface area contributed by atoms with Crippen LogP contribution in [0.1, 0.15) is 12.8 Å². The fraction of sp³-hybridized carbons (Fsp3) is 0.778. The molecular formula is C9H11NO5S. The van der Waals surface area contributed by atoms with Gasteiger partial charge in [0.1, 0.15) is 0 Å². The molecule has 16 heavy (non-hydrogen) atoms. The minimum Gasteiger partial charge on any atom is -0.373 e. The summed E-state index contributed by atoms with van der Waals surface area (Å²) >= 11 is 0. The van der Waals surface area contributed by atoms with E-state index in [0.29, 0.717) is 4.31 Å². The van der Waals surface area contributed by atoms with Crippen molar-refractivity contribution in [1.82, 2.24) is 4.31 Å². The average Bonchev–Trinajstić information content (AvgIpc) is 2.77. The van der Waals surface area contributed by atoms with Crippen LogP contribution < -0.4 is 0 Å². The van der Waals surface area contributed by atoms with Crippen LogP contribution in [0.25, 0.3) is 0 Å². The molecule has 2 bridgehead atoms. The maximum atomic E-state index is 11.9. The number of ether oxygens (including phenoxy) is 1. The number of carbonyl (C=O) groups is 2. The number of carbonyl (C=O) groups excluding carboxylic acids is 2. The third-order valence-electron chi connectivity index (χ3n) is 3.58. The van der Waals surface area contributed by atoms with Crippen molar-refractivity contribution in [3.8, 4) is 0 Å². The van der Waals surface area contributed by atoms with E-state index in [-0.39, 0.29) is 12.2 Å². The van der Waals surface area contributed by atoms with E-state index >= 15 is 0 Å². The first-order valence-corrected chi connectivity index (χ1v) is 6.99. The fourth-order valence-corrected chi connectivity index (χ4v) is 3.91. The molecule has 4 unspecified atom stereocenters. The largest absolute Gasteiger partial charge is 0.373 e. The minimum atomic E-state index is -3.78. The van der Waals surface area contributed by atoms with Crippen LogP contribution in [0.2, 0.25) is 0 Å². The van der Waals surface area contributed by atoms with E-state index in [1.807, 2.05) is 0 Å². The Balaban J connectivity index is 2.05. The van der Waals surface area contributed by atoms with Gasteiger partial charge in [0, 0.05) is 0 Å². The second kappa shape index (κ2) is 2.84. The van der Waals surface area contributed by atoms with Gasteiger partial charge in [0.2, 0.25) is 21.8 Å². The van der Waals surface area contributed by atoms with Gasteiger partial charge in [-0.05, 0) is 12.8 Å². The highest BCUT2D eigenvalue weighted by Gasteiger charge is 2.64. The van der Waals surface area contributed by atoms with E-state index in [4.69, 9.17) is 4.74 Å². The third kappa shape index (κ3) is 1.07. The van der Waals surface area contributed by atoms with E-state index in [1.54, 1.807) is 0 Å². The maximum absolute atomic E-state index is 11.9. The molecule has 0 aromatic carbocycles. The summed E-state index contributed by atoms with van der Waals surface area (Å²) < 4.78 is 28.6. The first-order valence-electron chi connectivity index (χ1n) is 5.14. The smallest absolute Gasteiger partial charge is 0.249 e. The third-order valence-corrected chi connectivity index (χ3v) is 4.60. The Morgan fingerprint density at radius 3 is 1.94 bits per heavy atom.